The van der Waals surface area contributed by atoms with Gasteiger partial charge < -0.3 is 41.7 Å². The maximum atomic E-state index is 14.0. The number of carbonyl (C=O) groups is 4. The first-order valence-electron chi connectivity index (χ1n) is 15.3. The molecule has 0 saturated heterocycles. The molecule has 6 rings (SSSR count). The summed E-state index contributed by atoms with van der Waals surface area (Å²) < 4.78 is 0. The van der Waals surface area contributed by atoms with E-state index < -0.39 is 48.4 Å². The van der Waals surface area contributed by atoms with Crippen LogP contribution < -0.4 is 21.7 Å². The quantitative estimate of drug-likeness (QED) is 0.0962. The normalized spacial score (nSPS) is 13.3. The second kappa shape index (κ2) is 13.6. The average Bonchev–Trinajstić information content (AvgIpc) is 3.80. The van der Waals surface area contributed by atoms with Crippen molar-refractivity contribution in [3.8, 4) is 0 Å². The van der Waals surface area contributed by atoms with Crippen LogP contribution in [0, 0.1) is 0 Å². The van der Waals surface area contributed by atoms with E-state index in [-0.39, 0.29) is 19.3 Å². The van der Waals surface area contributed by atoms with Gasteiger partial charge in [0, 0.05) is 64.1 Å². The summed E-state index contributed by atoms with van der Waals surface area (Å²) in [6, 6.07) is 19.6. The summed E-state index contributed by atoms with van der Waals surface area (Å²) in [7, 11) is 0. The van der Waals surface area contributed by atoms with Crippen LogP contribution in [0.5, 0.6) is 0 Å². The first-order chi connectivity index (χ1) is 22.8. The molecule has 6 aromatic rings. The molecule has 12 heteroatoms. The van der Waals surface area contributed by atoms with E-state index in [1.807, 2.05) is 79.0 Å². The molecule has 9 N–H and O–H groups in total. The van der Waals surface area contributed by atoms with E-state index in [2.05, 4.69) is 30.9 Å². The predicted octanol–water partition coefficient (Wildman–Crippen LogP) is 2.66. The van der Waals surface area contributed by atoms with Crippen LogP contribution in [0.15, 0.2) is 91.4 Å². The van der Waals surface area contributed by atoms with Gasteiger partial charge in [-0.2, -0.15) is 0 Å². The van der Waals surface area contributed by atoms with Gasteiger partial charge in [0.2, 0.25) is 17.7 Å². The first kappa shape index (κ1) is 31.1. The van der Waals surface area contributed by atoms with Gasteiger partial charge in [-0.05, 0) is 41.3 Å². The second-order valence-corrected chi connectivity index (χ2v) is 11.5. The Morgan fingerprint density at radius 1 is 0.596 bits per heavy atom. The number of carboxylic acids is 1. The molecular formula is C35H35N7O5. The molecule has 0 aliphatic carbocycles. The number of hydrogen-bond donors (Lipinski definition) is 8. The lowest BCUT2D eigenvalue weighted by Gasteiger charge is -2.24. The van der Waals surface area contributed by atoms with Crippen LogP contribution in [0.3, 0.4) is 0 Å². The second-order valence-electron chi connectivity index (χ2n) is 11.5. The lowest BCUT2D eigenvalue weighted by molar-refractivity contribution is -0.138. The number of benzene rings is 3. The van der Waals surface area contributed by atoms with Crippen LogP contribution in [0.4, 0.5) is 0 Å². The Morgan fingerprint density at radius 3 is 1.47 bits per heavy atom. The van der Waals surface area contributed by atoms with Gasteiger partial charge in [-0.15, -0.1) is 0 Å². The minimum absolute atomic E-state index is 0.0784. The van der Waals surface area contributed by atoms with Gasteiger partial charge >= 0.3 is 5.97 Å². The van der Waals surface area contributed by atoms with E-state index in [4.69, 9.17) is 5.73 Å². The number of nitrogens with two attached hydrogens (primary N) is 1. The van der Waals surface area contributed by atoms with Crippen LogP contribution in [-0.2, 0) is 38.4 Å². The van der Waals surface area contributed by atoms with Gasteiger partial charge in [-0.25, -0.2) is 0 Å². The number of rotatable bonds is 13. The fourth-order valence-corrected chi connectivity index (χ4v) is 5.93. The smallest absolute Gasteiger partial charge is 0.322 e. The Labute approximate surface area is 269 Å². The summed E-state index contributed by atoms with van der Waals surface area (Å²) in [6.45, 7) is -0.614. The predicted molar refractivity (Wildman–Crippen MR) is 178 cm³/mol. The molecule has 0 aliphatic rings. The molecule has 0 fully saturated rings. The van der Waals surface area contributed by atoms with E-state index in [1.54, 1.807) is 12.4 Å². The van der Waals surface area contributed by atoms with E-state index in [0.29, 0.717) is 0 Å². The SMILES string of the molecule is NC(Cc1c[nH]c2ccccc12)C(=O)NC(Cc1c[nH]c2ccccc12)C(=O)NC(Cc1c[nH]c2ccccc12)C(=O)NCC(=O)O. The van der Waals surface area contributed by atoms with Gasteiger partial charge in [0.15, 0.2) is 0 Å². The van der Waals surface area contributed by atoms with E-state index >= 15 is 0 Å². The van der Waals surface area contributed by atoms with Crippen molar-refractivity contribution in [1.82, 2.24) is 30.9 Å². The fraction of sp³-hybridized carbons (Fsp3) is 0.200. The summed E-state index contributed by atoms with van der Waals surface area (Å²) in [5.74, 6) is -3.03. The van der Waals surface area contributed by atoms with Crippen molar-refractivity contribution in [3.05, 3.63) is 108 Å². The van der Waals surface area contributed by atoms with Crippen LogP contribution in [-0.4, -0.2) is 68.4 Å². The molecule has 0 bridgehead atoms. The van der Waals surface area contributed by atoms with E-state index in [1.165, 1.54) is 0 Å². The molecule has 3 aromatic heterocycles. The highest BCUT2D eigenvalue weighted by molar-refractivity contribution is 5.95. The molecule has 3 unspecified atom stereocenters. The number of carboxylic acid groups (broad SMARTS) is 1. The summed E-state index contributed by atoms with van der Waals surface area (Å²) in [5.41, 5.74) is 11.4. The number of H-pyrrole nitrogens is 3. The number of fused-ring (bicyclic) bond motifs is 3. The number of aromatic nitrogens is 3. The molecule has 240 valence electrons. The maximum Gasteiger partial charge on any atom is 0.322 e. The third-order valence-corrected chi connectivity index (χ3v) is 8.33. The number of nitrogens with one attached hydrogen (secondary N) is 6. The van der Waals surface area contributed by atoms with Gasteiger partial charge in [0.1, 0.15) is 18.6 Å². The van der Waals surface area contributed by atoms with Gasteiger partial charge in [0.05, 0.1) is 6.04 Å². The average molecular weight is 634 g/mol. The molecule has 3 aromatic carbocycles. The van der Waals surface area contributed by atoms with Crippen molar-refractivity contribution in [2.45, 2.75) is 37.4 Å². The Balaban J connectivity index is 1.25. The number of hydrogen-bond acceptors (Lipinski definition) is 5. The van der Waals surface area contributed by atoms with Crippen LogP contribution in [0.2, 0.25) is 0 Å². The number of amides is 3. The number of aromatic amines is 3. The Bertz CT molecular complexity index is 2080. The van der Waals surface area contributed by atoms with Crippen LogP contribution in [0.25, 0.3) is 32.7 Å². The van der Waals surface area contributed by atoms with E-state index in [9.17, 15) is 24.3 Å². The van der Waals surface area contributed by atoms with Crippen molar-refractivity contribution < 1.29 is 24.3 Å². The molecule has 0 radical (unpaired) electrons. The van der Waals surface area contributed by atoms with Crippen LogP contribution in [0.1, 0.15) is 16.7 Å². The molecule has 0 aliphatic heterocycles. The maximum absolute atomic E-state index is 14.0. The highest BCUT2D eigenvalue weighted by Gasteiger charge is 2.30. The van der Waals surface area contributed by atoms with Crippen molar-refractivity contribution in [2.75, 3.05) is 6.54 Å². The van der Waals surface area contributed by atoms with Gasteiger partial charge in [0.25, 0.3) is 0 Å². The zero-order valence-corrected chi connectivity index (χ0v) is 25.4. The van der Waals surface area contributed by atoms with Gasteiger partial charge in [-0.1, -0.05) is 54.6 Å². The highest BCUT2D eigenvalue weighted by atomic mass is 16.4. The topological polar surface area (TPSA) is 198 Å². The van der Waals surface area contributed by atoms with Gasteiger partial charge in [-0.3, -0.25) is 19.2 Å². The Morgan fingerprint density at radius 2 is 1.00 bits per heavy atom. The highest BCUT2D eigenvalue weighted by Crippen LogP contribution is 2.22. The summed E-state index contributed by atoms with van der Waals surface area (Å²) in [5, 5.41) is 19.9. The van der Waals surface area contributed by atoms with Crippen molar-refractivity contribution in [2.24, 2.45) is 5.73 Å². The third-order valence-electron chi connectivity index (χ3n) is 8.33. The zero-order valence-electron chi connectivity index (χ0n) is 25.4. The Kier molecular flexibility index (Phi) is 9.02. The number of para-hydroxylation sites is 3. The van der Waals surface area contributed by atoms with E-state index in [0.717, 1.165) is 49.4 Å². The lowest BCUT2D eigenvalue weighted by atomic mass is 10.0. The number of aliphatic carboxylic acids is 1. The summed E-state index contributed by atoms with van der Waals surface area (Å²) >= 11 is 0. The lowest BCUT2D eigenvalue weighted by Crippen LogP contribution is -2.57. The van der Waals surface area contributed by atoms with Crippen molar-refractivity contribution >= 4 is 56.4 Å². The molecular weight excluding hydrogens is 598 g/mol. The van der Waals surface area contributed by atoms with Crippen molar-refractivity contribution in [1.29, 1.82) is 0 Å². The summed E-state index contributed by atoms with van der Waals surface area (Å²) in [4.78, 5) is 61.6. The molecule has 0 spiro atoms. The number of carbonyl (C=O) groups excluding carboxylic acids is 3. The third kappa shape index (κ3) is 7.02. The Hall–Kier alpha value is -5.88. The molecule has 12 nitrogen and oxygen atoms in total. The molecule has 3 heterocycles. The summed E-state index contributed by atoms with van der Waals surface area (Å²) in [6.07, 6.45) is 5.78. The molecule has 0 saturated carbocycles. The molecule has 3 atom stereocenters. The van der Waals surface area contributed by atoms with Crippen LogP contribution >= 0.6 is 0 Å². The molecule has 3 amide bonds. The minimum atomic E-state index is -1.22. The molecule has 47 heavy (non-hydrogen) atoms. The minimum Gasteiger partial charge on any atom is -0.480 e. The zero-order chi connectivity index (χ0) is 32.9. The first-order valence-corrected chi connectivity index (χ1v) is 15.3. The fourth-order valence-electron chi connectivity index (χ4n) is 5.93. The van der Waals surface area contributed by atoms with Crippen molar-refractivity contribution in [3.63, 3.8) is 0 Å². The standard InChI is InChI=1S/C35H35N7O5/c36-26(13-20-16-37-27-10-4-1-7-23(20)27)33(45)41-31(15-22-18-39-29-12-6-3-9-25(22)29)35(47)42-30(34(46)40-19-32(43)44)14-21-17-38-28-11-5-2-8-24(21)28/h1-12,16-18,26,30-31,37-39H,13-15,19,36H2,(H,40,46)(H,41,45)(H,42,47)(H,43,44). The largest absolute Gasteiger partial charge is 0.480 e. The monoisotopic (exact) mass is 633 g/mol.